The number of alkyl halides is 2. The van der Waals surface area contributed by atoms with E-state index in [0.717, 1.165) is 11.1 Å². The Morgan fingerprint density at radius 2 is 1.88 bits per heavy atom. The first-order chi connectivity index (χ1) is 12.3. The van der Waals surface area contributed by atoms with Crippen molar-refractivity contribution in [1.82, 2.24) is 4.90 Å². The molecule has 2 saturated carbocycles. The highest BCUT2D eigenvalue weighted by Gasteiger charge is 2.67. The fourth-order valence-corrected chi connectivity index (χ4v) is 5.33. The van der Waals surface area contributed by atoms with Gasteiger partial charge in [-0.15, -0.1) is 0 Å². The van der Waals surface area contributed by atoms with Crippen molar-refractivity contribution in [2.75, 3.05) is 7.05 Å². The summed E-state index contributed by atoms with van der Waals surface area (Å²) in [5, 5.41) is 0. The van der Waals surface area contributed by atoms with Crippen molar-refractivity contribution in [3.05, 3.63) is 34.9 Å². The van der Waals surface area contributed by atoms with Gasteiger partial charge in [0.25, 0.3) is 5.91 Å². The lowest BCUT2D eigenvalue weighted by atomic mass is 9.61. The normalized spacial score (nSPS) is 31.6. The Hall–Kier alpha value is -1.98. The molecule has 5 rings (SSSR count). The molecule has 2 N–H and O–H groups in total. The first kappa shape index (κ1) is 16.2. The number of fused-ring (bicyclic) bond motifs is 3. The van der Waals surface area contributed by atoms with Gasteiger partial charge in [0, 0.05) is 25.3 Å². The van der Waals surface area contributed by atoms with E-state index in [-0.39, 0.29) is 24.7 Å². The van der Waals surface area contributed by atoms with E-state index in [1.165, 1.54) is 23.3 Å². The zero-order valence-corrected chi connectivity index (χ0v) is 14.9. The first-order valence-electron chi connectivity index (χ1n) is 9.43. The van der Waals surface area contributed by atoms with Crippen LogP contribution < -0.4 is 5.73 Å². The molecule has 3 aliphatic carbocycles. The number of amides is 1. The van der Waals surface area contributed by atoms with Crippen LogP contribution in [-0.4, -0.2) is 29.7 Å². The Kier molecular flexibility index (Phi) is 3.02. The number of hydrogen-bond acceptors (Lipinski definition) is 3. The van der Waals surface area contributed by atoms with Crippen LogP contribution in [0.15, 0.2) is 23.2 Å². The van der Waals surface area contributed by atoms with Crippen LogP contribution >= 0.6 is 0 Å². The molecular weight excluding hydrogens is 336 g/mol. The summed E-state index contributed by atoms with van der Waals surface area (Å²) in [6, 6.07) is 6.34. The van der Waals surface area contributed by atoms with Gasteiger partial charge in [-0.2, -0.15) is 0 Å². The van der Waals surface area contributed by atoms with E-state index >= 15 is 0 Å². The van der Waals surface area contributed by atoms with Crippen LogP contribution in [0.1, 0.15) is 61.1 Å². The average Bonchev–Trinajstić information content (AvgIpc) is 3.38. The van der Waals surface area contributed by atoms with Crippen molar-refractivity contribution in [1.29, 1.82) is 0 Å². The summed E-state index contributed by atoms with van der Waals surface area (Å²) in [6.07, 6.45) is 3.17. The predicted octanol–water partition coefficient (Wildman–Crippen LogP) is 3.30. The molecule has 0 radical (unpaired) electrons. The van der Waals surface area contributed by atoms with Gasteiger partial charge in [0.05, 0.1) is 0 Å². The maximum atomic E-state index is 13.9. The van der Waals surface area contributed by atoms with Crippen LogP contribution in [0.5, 0.6) is 0 Å². The SMILES string of the molecule is CN1C(=O)C2(N=C1N)c1cc(C3CC3)ccc1CC21CCC(F)(F)CC1. The molecule has 4 aliphatic rings. The topological polar surface area (TPSA) is 58.7 Å². The van der Waals surface area contributed by atoms with Crippen LogP contribution in [0.2, 0.25) is 0 Å². The quantitative estimate of drug-likeness (QED) is 0.836. The first-order valence-corrected chi connectivity index (χ1v) is 9.43. The summed E-state index contributed by atoms with van der Waals surface area (Å²) in [5.74, 6) is -2.06. The van der Waals surface area contributed by atoms with Crippen LogP contribution in [0.3, 0.4) is 0 Å². The summed E-state index contributed by atoms with van der Waals surface area (Å²) >= 11 is 0. The molecule has 26 heavy (non-hydrogen) atoms. The van der Waals surface area contributed by atoms with E-state index in [0.29, 0.717) is 25.2 Å². The molecular formula is C20H23F2N3O. The number of carbonyl (C=O) groups excluding carboxylic acids is 1. The van der Waals surface area contributed by atoms with Gasteiger partial charge in [0.15, 0.2) is 11.5 Å². The van der Waals surface area contributed by atoms with E-state index in [1.54, 1.807) is 7.05 Å². The zero-order chi connectivity index (χ0) is 18.3. The molecule has 2 spiro atoms. The summed E-state index contributed by atoms with van der Waals surface area (Å²) in [5.41, 5.74) is 7.54. The standard InChI is InChI=1S/C20H23F2N3O/c1-25-16(26)20(24-17(25)23)15-10-13(12-2-3-12)4-5-14(15)11-18(20)6-8-19(21,22)9-7-18/h4-5,10,12H,2-3,6-9,11H2,1H3,(H2,23,24). The minimum atomic E-state index is -2.65. The van der Waals surface area contributed by atoms with Crippen LogP contribution in [0.4, 0.5) is 8.78 Å². The highest BCUT2D eigenvalue weighted by atomic mass is 19.3. The number of carbonyl (C=O) groups is 1. The van der Waals surface area contributed by atoms with Crippen LogP contribution in [0, 0.1) is 5.41 Å². The molecule has 1 unspecified atom stereocenters. The average molecular weight is 359 g/mol. The van der Waals surface area contributed by atoms with E-state index in [4.69, 9.17) is 10.7 Å². The molecule has 0 aromatic heterocycles. The molecule has 138 valence electrons. The second kappa shape index (κ2) is 4.84. The lowest BCUT2D eigenvalue weighted by Crippen LogP contribution is -2.52. The van der Waals surface area contributed by atoms with E-state index < -0.39 is 16.9 Å². The predicted molar refractivity (Wildman–Crippen MR) is 94.0 cm³/mol. The van der Waals surface area contributed by atoms with E-state index in [1.807, 2.05) is 0 Å². The second-order valence-electron chi connectivity index (χ2n) is 8.55. The fraction of sp³-hybridized carbons (Fsp3) is 0.600. The molecule has 1 amide bonds. The number of halogens is 2. The molecule has 6 heteroatoms. The Balaban J connectivity index is 1.69. The third-order valence-electron chi connectivity index (χ3n) is 7.05. The van der Waals surface area contributed by atoms with Crippen molar-refractivity contribution in [3.63, 3.8) is 0 Å². The Bertz CT molecular complexity index is 835. The number of benzene rings is 1. The number of nitrogens with zero attached hydrogens (tertiary/aromatic N) is 2. The monoisotopic (exact) mass is 359 g/mol. The molecule has 2 fully saturated rings. The third-order valence-corrected chi connectivity index (χ3v) is 7.05. The molecule has 1 aromatic rings. The molecule has 1 aliphatic heterocycles. The van der Waals surface area contributed by atoms with Crippen molar-refractivity contribution in [2.45, 2.75) is 62.3 Å². The minimum absolute atomic E-state index is 0.160. The van der Waals surface area contributed by atoms with Gasteiger partial charge in [-0.1, -0.05) is 18.2 Å². The van der Waals surface area contributed by atoms with Crippen LogP contribution in [-0.2, 0) is 16.8 Å². The number of aliphatic imine (C=N–C) groups is 1. The van der Waals surface area contributed by atoms with Crippen molar-refractivity contribution in [2.24, 2.45) is 16.1 Å². The number of likely N-dealkylation sites (N-methyl/N-ethyl adjacent to an activating group) is 1. The van der Waals surface area contributed by atoms with Gasteiger partial charge in [-0.05, 0) is 54.7 Å². The van der Waals surface area contributed by atoms with Crippen molar-refractivity contribution >= 4 is 11.9 Å². The highest BCUT2D eigenvalue weighted by molar-refractivity contribution is 6.08. The maximum Gasteiger partial charge on any atom is 0.262 e. The summed E-state index contributed by atoms with van der Waals surface area (Å²) in [6.45, 7) is 0. The molecule has 1 heterocycles. The van der Waals surface area contributed by atoms with Gasteiger partial charge >= 0.3 is 0 Å². The third kappa shape index (κ3) is 1.93. The van der Waals surface area contributed by atoms with Crippen molar-refractivity contribution < 1.29 is 13.6 Å². The number of nitrogens with two attached hydrogens (primary N) is 1. The van der Waals surface area contributed by atoms with Gasteiger partial charge in [0.2, 0.25) is 5.92 Å². The molecule has 0 saturated heterocycles. The largest absolute Gasteiger partial charge is 0.369 e. The van der Waals surface area contributed by atoms with Gasteiger partial charge in [-0.3, -0.25) is 9.69 Å². The summed E-state index contributed by atoms with van der Waals surface area (Å²) < 4.78 is 27.8. The molecule has 4 nitrogen and oxygen atoms in total. The lowest BCUT2D eigenvalue weighted by Gasteiger charge is -2.45. The summed E-state index contributed by atoms with van der Waals surface area (Å²) in [4.78, 5) is 19.5. The number of rotatable bonds is 1. The Morgan fingerprint density at radius 1 is 1.19 bits per heavy atom. The molecule has 1 aromatic carbocycles. The summed E-state index contributed by atoms with van der Waals surface area (Å²) in [7, 11) is 1.63. The fourth-order valence-electron chi connectivity index (χ4n) is 5.33. The number of hydrogen-bond donors (Lipinski definition) is 1. The Morgan fingerprint density at radius 3 is 2.46 bits per heavy atom. The number of guanidine groups is 1. The van der Waals surface area contributed by atoms with Gasteiger partial charge < -0.3 is 5.73 Å². The van der Waals surface area contributed by atoms with E-state index in [9.17, 15) is 13.6 Å². The van der Waals surface area contributed by atoms with E-state index in [2.05, 4.69) is 18.2 Å². The second-order valence-corrected chi connectivity index (χ2v) is 8.55. The lowest BCUT2D eigenvalue weighted by molar-refractivity contribution is -0.140. The van der Waals surface area contributed by atoms with Gasteiger partial charge in [-0.25, -0.2) is 13.8 Å². The Labute approximate surface area is 151 Å². The van der Waals surface area contributed by atoms with Gasteiger partial charge in [0.1, 0.15) is 0 Å². The minimum Gasteiger partial charge on any atom is -0.369 e. The zero-order valence-electron chi connectivity index (χ0n) is 14.9. The molecule has 1 atom stereocenters. The smallest absolute Gasteiger partial charge is 0.262 e. The maximum absolute atomic E-state index is 13.9. The molecule has 0 bridgehead atoms. The van der Waals surface area contributed by atoms with Crippen molar-refractivity contribution in [3.8, 4) is 0 Å². The highest BCUT2D eigenvalue weighted by Crippen LogP contribution is 2.63. The van der Waals surface area contributed by atoms with Crippen LogP contribution in [0.25, 0.3) is 0 Å².